The van der Waals surface area contributed by atoms with Crippen LogP contribution in [0, 0.1) is 13.8 Å². The maximum absolute atomic E-state index is 5.83. The van der Waals surface area contributed by atoms with Gasteiger partial charge >= 0.3 is 0 Å². The number of unbranched alkanes of at least 4 members (excludes halogenated alkanes) is 2. The molecule has 3 heteroatoms. The van der Waals surface area contributed by atoms with Crippen molar-refractivity contribution in [2.45, 2.75) is 59.4 Å². The van der Waals surface area contributed by atoms with Crippen molar-refractivity contribution in [3.63, 3.8) is 0 Å². The number of nitrogens with one attached hydrogen (secondary N) is 1. The lowest BCUT2D eigenvalue weighted by atomic mass is 10.1. The molecule has 0 unspecified atom stereocenters. The summed E-state index contributed by atoms with van der Waals surface area (Å²) in [4.78, 5) is 0. The summed E-state index contributed by atoms with van der Waals surface area (Å²) in [5.41, 5.74) is 2.69. The number of hydrogen-bond donors (Lipinski definition) is 1. The Hall–Kier alpha value is -0.540. The molecule has 0 aliphatic rings. The number of ether oxygens (including phenoxy) is 1. The summed E-state index contributed by atoms with van der Waals surface area (Å²) in [5, 5.41) is 3.51. The van der Waals surface area contributed by atoms with Crippen molar-refractivity contribution in [1.29, 1.82) is 0 Å². The van der Waals surface area contributed by atoms with E-state index in [1.165, 1.54) is 28.4 Å². The zero-order valence-electron chi connectivity index (χ0n) is 13.5. The van der Waals surface area contributed by atoms with E-state index in [-0.39, 0.29) is 5.54 Å². The lowest BCUT2D eigenvalue weighted by molar-refractivity contribution is 0.302. The Balaban J connectivity index is 2.19. The summed E-state index contributed by atoms with van der Waals surface area (Å²) in [7, 11) is 0. The van der Waals surface area contributed by atoms with Crippen molar-refractivity contribution >= 4 is 15.9 Å². The van der Waals surface area contributed by atoms with Crippen molar-refractivity contribution in [2.24, 2.45) is 0 Å². The van der Waals surface area contributed by atoms with Crippen molar-refractivity contribution in [2.75, 3.05) is 13.2 Å². The van der Waals surface area contributed by atoms with Gasteiger partial charge in [-0.2, -0.15) is 0 Å². The van der Waals surface area contributed by atoms with Crippen LogP contribution in [0.5, 0.6) is 5.75 Å². The van der Waals surface area contributed by atoms with Crippen LogP contribution in [0.15, 0.2) is 16.6 Å². The predicted octanol–water partition coefficient (Wildman–Crippen LogP) is 5.00. The van der Waals surface area contributed by atoms with E-state index in [1.54, 1.807) is 0 Å². The molecule has 0 aliphatic carbocycles. The second-order valence-corrected chi connectivity index (χ2v) is 7.25. The minimum Gasteiger partial charge on any atom is -0.494 e. The van der Waals surface area contributed by atoms with Gasteiger partial charge < -0.3 is 10.1 Å². The van der Waals surface area contributed by atoms with Crippen molar-refractivity contribution in [1.82, 2.24) is 5.32 Å². The third-order valence-corrected chi connectivity index (χ3v) is 4.41. The first-order valence-corrected chi connectivity index (χ1v) is 8.23. The van der Waals surface area contributed by atoms with Crippen molar-refractivity contribution in [3.05, 3.63) is 27.7 Å². The molecule has 0 aromatic heterocycles. The van der Waals surface area contributed by atoms with Crippen molar-refractivity contribution < 1.29 is 4.74 Å². The van der Waals surface area contributed by atoms with Crippen LogP contribution in [0.3, 0.4) is 0 Å². The van der Waals surface area contributed by atoms with E-state index >= 15 is 0 Å². The Kier molecular flexibility index (Phi) is 7.04. The number of rotatable bonds is 7. The fourth-order valence-corrected chi connectivity index (χ4v) is 2.28. The maximum Gasteiger partial charge on any atom is 0.119 e. The molecule has 0 saturated carbocycles. The largest absolute Gasteiger partial charge is 0.494 e. The zero-order valence-corrected chi connectivity index (χ0v) is 15.1. The fraction of sp³-hybridized carbons (Fsp3) is 0.647. The molecule has 0 heterocycles. The molecule has 0 amide bonds. The maximum atomic E-state index is 5.83. The molecule has 0 saturated heterocycles. The molecule has 0 atom stereocenters. The number of hydrogen-bond acceptors (Lipinski definition) is 2. The second kappa shape index (κ2) is 8.04. The smallest absolute Gasteiger partial charge is 0.119 e. The third-order valence-electron chi connectivity index (χ3n) is 3.16. The van der Waals surface area contributed by atoms with Crippen LogP contribution in [-0.2, 0) is 0 Å². The molecule has 0 spiro atoms. The molecular formula is C17H28BrNO. The molecule has 1 aromatic carbocycles. The van der Waals surface area contributed by atoms with Crippen molar-refractivity contribution in [3.8, 4) is 5.75 Å². The molecule has 0 bridgehead atoms. The van der Waals surface area contributed by atoms with E-state index in [0.29, 0.717) is 0 Å². The average Bonchev–Trinajstić information content (AvgIpc) is 2.33. The fourth-order valence-electron chi connectivity index (χ4n) is 2.05. The van der Waals surface area contributed by atoms with E-state index in [9.17, 15) is 0 Å². The Morgan fingerprint density at radius 1 is 1.05 bits per heavy atom. The molecule has 114 valence electrons. The molecule has 0 fully saturated rings. The molecule has 0 radical (unpaired) electrons. The highest BCUT2D eigenvalue weighted by Gasteiger charge is 2.07. The highest BCUT2D eigenvalue weighted by Crippen LogP contribution is 2.26. The van der Waals surface area contributed by atoms with Crippen LogP contribution in [0.25, 0.3) is 0 Å². The van der Waals surface area contributed by atoms with Crippen LogP contribution in [-0.4, -0.2) is 18.7 Å². The normalized spacial score (nSPS) is 11.7. The summed E-state index contributed by atoms with van der Waals surface area (Å²) < 4.78 is 7.01. The van der Waals surface area contributed by atoms with Gasteiger partial charge in [0.2, 0.25) is 0 Å². The highest BCUT2D eigenvalue weighted by atomic mass is 79.9. The van der Waals surface area contributed by atoms with E-state index in [0.717, 1.165) is 25.3 Å². The average molecular weight is 342 g/mol. The molecule has 2 nitrogen and oxygen atoms in total. The number of benzene rings is 1. The lowest BCUT2D eigenvalue weighted by Crippen LogP contribution is -2.36. The number of halogens is 1. The van der Waals surface area contributed by atoms with Gasteiger partial charge in [0.25, 0.3) is 0 Å². The Bertz CT molecular complexity index is 400. The van der Waals surface area contributed by atoms with Crippen LogP contribution >= 0.6 is 15.9 Å². The standard InChI is InChI=1S/C17H28BrNO/c1-13-11-15(12-14(2)16(13)18)20-10-8-6-7-9-19-17(3,4)5/h11-12,19H,6-10H2,1-5H3. The predicted molar refractivity (Wildman–Crippen MR) is 90.7 cm³/mol. The van der Waals surface area contributed by atoms with Crippen LogP contribution < -0.4 is 10.1 Å². The van der Waals surface area contributed by atoms with E-state index in [2.05, 4.69) is 68.0 Å². The Morgan fingerprint density at radius 3 is 2.20 bits per heavy atom. The number of aryl methyl sites for hydroxylation is 2. The molecule has 0 aliphatic heterocycles. The van der Waals surface area contributed by atoms with Gasteiger partial charge in [0.1, 0.15) is 5.75 Å². The molecule has 20 heavy (non-hydrogen) atoms. The summed E-state index contributed by atoms with van der Waals surface area (Å²) in [6.45, 7) is 12.7. The zero-order chi connectivity index (χ0) is 15.2. The van der Waals surface area contributed by atoms with Gasteiger partial charge in [0.05, 0.1) is 6.61 Å². The third kappa shape index (κ3) is 6.76. The topological polar surface area (TPSA) is 21.3 Å². The summed E-state index contributed by atoms with van der Waals surface area (Å²) >= 11 is 3.58. The minimum absolute atomic E-state index is 0.225. The molecule has 1 rings (SSSR count). The SMILES string of the molecule is Cc1cc(OCCCCCNC(C)(C)C)cc(C)c1Br. The highest BCUT2D eigenvalue weighted by molar-refractivity contribution is 9.10. The van der Waals surface area contributed by atoms with Gasteiger partial charge in [0.15, 0.2) is 0 Å². The summed E-state index contributed by atoms with van der Waals surface area (Å²) in [6, 6.07) is 4.19. The van der Waals surface area contributed by atoms with Gasteiger partial charge in [0, 0.05) is 10.0 Å². The van der Waals surface area contributed by atoms with Gasteiger partial charge in [-0.3, -0.25) is 0 Å². The Labute approximate surface area is 132 Å². The van der Waals surface area contributed by atoms with Gasteiger partial charge in [-0.05, 0) is 83.7 Å². The van der Waals surface area contributed by atoms with Gasteiger partial charge in [-0.25, -0.2) is 0 Å². The van der Waals surface area contributed by atoms with E-state index in [4.69, 9.17) is 4.74 Å². The summed E-state index contributed by atoms with van der Waals surface area (Å²) in [6.07, 6.45) is 3.52. The minimum atomic E-state index is 0.225. The van der Waals surface area contributed by atoms with Crippen LogP contribution in [0.4, 0.5) is 0 Å². The lowest BCUT2D eigenvalue weighted by Gasteiger charge is -2.20. The van der Waals surface area contributed by atoms with Gasteiger partial charge in [-0.15, -0.1) is 0 Å². The van der Waals surface area contributed by atoms with E-state index < -0.39 is 0 Å². The Morgan fingerprint density at radius 2 is 1.65 bits per heavy atom. The first kappa shape index (κ1) is 17.5. The molecule has 1 aromatic rings. The second-order valence-electron chi connectivity index (χ2n) is 6.46. The first-order chi connectivity index (χ1) is 9.29. The van der Waals surface area contributed by atoms with E-state index in [1.807, 2.05) is 0 Å². The first-order valence-electron chi connectivity index (χ1n) is 7.44. The van der Waals surface area contributed by atoms with Crippen LogP contribution in [0.1, 0.15) is 51.2 Å². The molecule has 1 N–H and O–H groups in total. The van der Waals surface area contributed by atoms with Crippen LogP contribution in [0.2, 0.25) is 0 Å². The monoisotopic (exact) mass is 341 g/mol. The quantitative estimate of drug-likeness (QED) is 0.704. The summed E-state index contributed by atoms with van der Waals surface area (Å²) in [5.74, 6) is 0.982. The molecular weight excluding hydrogens is 314 g/mol. The van der Waals surface area contributed by atoms with Gasteiger partial charge in [-0.1, -0.05) is 15.9 Å².